The van der Waals surface area contributed by atoms with Crippen molar-refractivity contribution in [2.45, 2.75) is 25.2 Å². The number of nitrogens with one attached hydrogen (secondary N) is 1. The predicted octanol–water partition coefficient (Wildman–Crippen LogP) is 4.30. The van der Waals surface area contributed by atoms with Crippen molar-refractivity contribution in [3.63, 3.8) is 0 Å². The van der Waals surface area contributed by atoms with Crippen molar-refractivity contribution in [1.29, 1.82) is 0 Å². The van der Waals surface area contributed by atoms with Gasteiger partial charge in [-0.3, -0.25) is 9.78 Å². The Bertz CT molecular complexity index is 835. The average Bonchev–Trinajstić information content (AvgIpc) is 2.72. The number of hydrogen-bond donors (Lipinski definition) is 1. The van der Waals surface area contributed by atoms with E-state index in [0.717, 1.165) is 24.0 Å². The molecule has 3 nitrogen and oxygen atoms in total. The van der Waals surface area contributed by atoms with Crippen molar-refractivity contribution < 1.29 is 9.18 Å². The summed E-state index contributed by atoms with van der Waals surface area (Å²) in [7, 11) is 0. The van der Waals surface area contributed by atoms with Crippen LogP contribution in [0.3, 0.4) is 0 Å². The maximum absolute atomic E-state index is 13.3. The van der Waals surface area contributed by atoms with Crippen LogP contribution >= 0.6 is 0 Å². The Morgan fingerprint density at radius 3 is 2.41 bits per heavy atom. The van der Waals surface area contributed by atoms with Crippen LogP contribution in [0.4, 0.5) is 4.39 Å². The molecule has 27 heavy (non-hydrogen) atoms. The van der Waals surface area contributed by atoms with Gasteiger partial charge in [0.15, 0.2) is 0 Å². The lowest BCUT2D eigenvalue weighted by Crippen LogP contribution is -2.31. The first-order chi connectivity index (χ1) is 13.2. The van der Waals surface area contributed by atoms with Crippen molar-refractivity contribution >= 4 is 5.91 Å². The second-order valence-corrected chi connectivity index (χ2v) is 6.55. The number of hydrogen-bond acceptors (Lipinski definition) is 2. The number of nitrogens with zero attached hydrogens (tertiary/aromatic N) is 1. The Labute approximate surface area is 159 Å². The molecule has 0 aliphatic rings. The van der Waals surface area contributed by atoms with E-state index in [4.69, 9.17) is 0 Å². The lowest BCUT2D eigenvalue weighted by molar-refractivity contribution is -0.122. The van der Waals surface area contributed by atoms with Gasteiger partial charge in [-0.25, -0.2) is 4.39 Å². The molecule has 1 N–H and O–H groups in total. The van der Waals surface area contributed by atoms with Crippen LogP contribution < -0.4 is 5.32 Å². The number of amides is 1. The van der Waals surface area contributed by atoms with E-state index < -0.39 is 0 Å². The number of carbonyl (C=O) groups excluding carboxylic acids is 1. The highest BCUT2D eigenvalue weighted by molar-refractivity contribution is 5.84. The monoisotopic (exact) mass is 362 g/mol. The van der Waals surface area contributed by atoms with Gasteiger partial charge in [0.2, 0.25) is 5.91 Å². The molecule has 3 aromatic rings. The number of halogens is 1. The quantitative estimate of drug-likeness (QED) is 0.607. The first-order valence-electron chi connectivity index (χ1n) is 9.18. The van der Waals surface area contributed by atoms with Gasteiger partial charge in [0.25, 0.3) is 0 Å². The maximum atomic E-state index is 13.3. The smallest absolute Gasteiger partial charge is 0.227 e. The van der Waals surface area contributed by atoms with E-state index >= 15 is 0 Å². The van der Waals surface area contributed by atoms with Gasteiger partial charge < -0.3 is 5.32 Å². The zero-order valence-corrected chi connectivity index (χ0v) is 15.1. The van der Waals surface area contributed by atoms with Gasteiger partial charge in [0, 0.05) is 18.9 Å². The van der Waals surface area contributed by atoms with E-state index in [1.807, 2.05) is 30.3 Å². The molecule has 0 aliphatic heterocycles. The molecule has 4 heteroatoms. The highest BCUT2D eigenvalue weighted by Gasteiger charge is 2.21. The van der Waals surface area contributed by atoms with Gasteiger partial charge in [-0.05, 0) is 54.2 Å². The number of pyridine rings is 1. The van der Waals surface area contributed by atoms with Gasteiger partial charge in [-0.1, -0.05) is 48.5 Å². The summed E-state index contributed by atoms with van der Waals surface area (Å²) in [6.45, 7) is 0.610. The molecule has 0 aliphatic carbocycles. The summed E-state index contributed by atoms with van der Waals surface area (Å²) in [6, 6.07) is 20.2. The Balaban J connectivity index is 1.62. The summed E-state index contributed by atoms with van der Waals surface area (Å²) in [4.78, 5) is 16.9. The minimum atomic E-state index is -0.369. The van der Waals surface area contributed by atoms with Crippen LogP contribution in [0, 0.1) is 5.82 Å². The van der Waals surface area contributed by atoms with E-state index in [-0.39, 0.29) is 17.6 Å². The maximum Gasteiger partial charge on any atom is 0.227 e. The van der Waals surface area contributed by atoms with E-state index in [0.29, 0.717) is 13.0 Å². The zero-order valence-electron chi connectivity index (χ0n) is 15.1. The minimum Gasteiger partial charge on any atom is -0.356 e. The van der Waals surface area contributed by atoms with Crippen LogP contribution in [0.15, 0.2) is 79.1 Å². The third kappa shape index (κ3) is 5.74. The summed E-state index contributed by atoms with van der Waals surface area (Å²) in [5.74, 6) is -0.716. The second-order valence-electron chi connectivity index (χ2n) is 6.55. The zero-order chi connectivity index (χ0) is 18.9. The molecule has 2 aromatic carbocycles. The first-order valence-corrected chi connectivity index (χ1v) is 9.18. The van der Waals surface area contributed by atoms with Crippen molar-refractivity contribution in [1.82, 2.24) is 10.3 Å². The fourth-order valence-corrected chi connectivity index (χ4v) is 3.08. The van der Waals surface area contributed by atoms with Crippen molar-refractivity contribution in [2.24, 2.45) is 0 Å². The Morgan fingerprint density at radius 1 is 0.963 bits per heavy atom. The van der Waals surface area contributed by atoms with Gasteiger partial charge in [-0.2, -0.15) is 0 Å². The molecular formula is C23H23FN2O. The molecule has 1 amide bonds. The molecule has 0 bridgehead atoms. The van der Waals surface area contributed by atoms with E-state index in [1.165, 1.54) is 17.7 Å². The lowest BCUT2D eigenvalue weighted by atomic mass is 9.91. The van der Waals surface area contributed by atoms with Gasteiger partial charge in [0.05, 0.1) is 5.92 Å². The molecule has 138 valence electrons. The summed E-state index contributed by atoms with van der Waals surface area (Å²) < 4.78 is 13.3. The molecule has 1 unspecified atom stereocenters. The molecule has 1 heterocycles. The Hall–Kier alpha value is -3.01. The van der Waals surface area contributed by atoms with Gasteiger partial charge >= 0.3 is 0 Å². The average molecular weight is 362 g/mol. The van der Waals surface area contributed by atoms with Crippen LogP contribution in [0.25, 0.3) is 0 Å². The van der Waals surface area contributed by atoms with E-state index in [9.17, 15) is 9.18 Å². The fourth-order valence-electron chi connectivity index (χ4n) is 3.08. The standard InChI is InChI=1S/C23H23FN2O/c24-21-12-10-20(11-13-21)22(16-19-9-4-14-25-17-19)23(27)26-15-5-8-18-6-2-1-3-7-18/h1-4,6-7,9-14,17,22H,5,8,15-16H2,(H,26,27). The van der Waals surface area contributed by atoms with Gasteiger partial charge in [-0.15, -0.1) is 0 Å². The summed E-state index contributed by atoms with van der Waals surface area (Å²) >= 11 is 0. The summed E-state index contributed by atoms with van der Waals surface area (Å²) in [6.07, 6.45) is 5.80. The molecule has 0 saturated heterocycles. The van der Waals surface area contributed by atoms with Crippen molar-refractivity contribution in [3.8, 4) is 0 Å². The van der Waals surface area contributed by atoms with Gasteiger partial charge in [0.1, 0.15) is 5.82 Å². The SMILES string of the molecule is O=C(NCCCc1ccccc1)C(Cc1cccnc1)c1ccc(F)cc1. The van der Waals surface area contributed by atoms with E-state index in [2.05, 4.69) is 22.4 Å². The molecule has 3 rings (SSSR count). The minimum absolute atomic E-state index is 0.0430. The highest BCUT2D eigenvalue weighted by Crippen LogP contribution is 2.21. The lowest BCUT2D eigenvalue weighted by Gasteiger charge is -2.17. The number of aromatic nitrogens is 1. The van der Waals surface area contributed by atoms with Crippen LogP contribution in [-0.2, 0) is 17.6 Å². The molecule has 0 radical (unpaired) electrons. The number of carbonyl (C=O) groups is 1. The molecular weight excluding hydrogens is 339 g/mol. The summed E-state index contributed by atoms with van der Waals surface area (Å²) in [5.41, 5.74) is 3.05. The molecule has 1 atom stereocenters. The van der Waals surface area contributed by atoms with E-state index in [1.54, 1.807) is 24.5 Å². The number of aryl methyl sites for hydroxylation is 1. The fraction of sp³-hybridized carbons (Fsp3) is 0.217. The normalized spacial score (nSPS) is 11.7. The number of rotatable bonds is 8. The topological polar surface area (TPSA) is 42.0 Å². The largest absolute Gasteiger partial charge is 0.356 e. The van der Waals surface area contributed by atoms with Crippen molar-refractivity contribution in [3.05, 3.63) is 102 Å². The molecule has 0 spiro atoms. The first kappa shape index (κ1) is 18.8. The van der Waals surface area contributed by atoms with Crippen LogP contribution in [0.2, 0.25) is 0 Å². The molecule has 0 fully saturated rings. The molecule has 1 aromatic heterocycles. The Kier molecular flexibility index (Phi) is 6.69. The van der Waals surface area contributed by atoms with Crippen LogP contribution in [-0.4, -0.2) is 17.4 Å². The molecule has 0 saturated carbocycles. The Morgan fingerprint density at radius 2 is 1.70 bits per heavy atom. The van der Waals surface area contributed by atoms with Crippen molar-refractivity contribution in [2.75, 3.05) is 6.54 Å². The summed E-state index contributed by atoms with van der Waals surface area (Å²) in [5, 5.41) is 3.03. The second kappa shape index (κ2) is 9.62. The third-order valence-corrected chi connectivity index (χ3v) is 4.54. The highest BCUT2D eigenvalue weighted by atomic mass is 19.1. The predicted molar refractivity (Wildman–Crippen MR) is 105 cm³/mol. The number of benzene rings is 2. The van der Waals surface area contributed by atoms with Crippen LogP contribution in [0.5, 0.6) is 0 Å². The van der Waals surface area contributed by atoms with Crippen LogP contribution in [0.1, 0.15) is 29.0 Å². The third-order valence-electron chi connectivity index (χ3n) is 4.54.